The fraction of sp³-hybridized carbons (Fsp3) is 0.400. The Morgan fingerprint density at radius 1 is 0.920 bits per heavy atom. The molecule has 2 aromatic rings. The van der Waals surface area contributed by atoms with Crippen molar-refractivity contribution in [1.29, 1.82) is 0 Å². The van der Waals surface area contributed by atoms with Gasteiger partial charge in [-0.15, -0.1) is 0 Å². The van der Waals surface area contributed by atoms with Crippen LogP contribution in [0.4, 0.5) is 11.4 Å². The van der Waals surface area contributed by atoms with Gasteiger partial charge in [-0.25, -0.2) is 0 Å². The van der Waals surface area contributed by atoms with Crippen molar-refractivity contribution in [3.63, 3.8) is 0 Å². The van der Waals surface area contributed by atoms with Crippen LogP contribution in [0.3, 0.4) is 0 Å². The number of anilines is 2. The van der Waals surface area contributed by atoms with Crippen molar-refractivity contribution in [2.75, 3.05) is 48.5 Å². The Kier molecular flexibility index (Phi) is 4.77. The standard InChI is InChI=1S/C20H25N3OS/c1-15-3-5-17(6-4-15)25-23-11-12-24-20-18(13-16(2)14-19(20)23)22-9-7-21-8-10-22/h3-6,13-14,21H,7-12H2,1-2H3. The van der Waals surface area contributed by atoms with Gasteiger partial charge in [-0.1, -0.05) is 17.7 Å². The van der Waals surface area contributed by atoms with E-state index in [-0.39, 0.29) is 0 Å². The van der Waals surface area contributed by atoms with E-state index in [1.807, 2.05) is 0 Å². The molecule has 0 spiro atoms. The third kappa shape index (κ3) is 3.58. The summed E-state index contributed by atoms with van der Waals surface area (Å²) in [6.45, 7) is 10.1. The average Bonchev–Trinajstić information content (AvgIpc) is 2.64. The van der Waals surface area contributed by atoms with E-state index in [0.717, 1.165) is 45.1 Å². The topological polar surface area (TPSA) is 27.7 Å². The smallest absolute Gasteiger partial charge is 0.166 e. The number of piperazine rings is 1. The largest absolute Gasteiger partial charge is 0.487 e. The predicted octanol–water partition coefficient (Wildman–Crippen LogP) is 3.62. The van der Waals surface area contributed by atoms with E-state index < -0.39 is 0 Å². The van der Waals surface area contributed by atoms with E-state index in [4.69, 9.17) is 4.74 Å². The summed E-state index contributed by atoms with van der Waals surface area (Å²) in [6.07, 6.45) is 0. The maximum Gasteiger partial charge on any atom is 0.166 e. The highest BCUT2D eigenvalue weighted by atomic mass is 32.2. The van der Waals surface area contributed by atoms with Crippen LogP contribution in [0.1, 0.15) is 11.1 Å². The Labute approximate surface area is 154 Å². The third-order valence-electron chi connectivity index (χ3n) is 4.70. The summed E-state index contributed by atoms with van der Waals surface area (Å²) >= 11 is 1.80. The van der Waals surface area contributed by atoms with Gasteiger partial charge in [-0.05, 0) is 55.6 Å². The Hall–Kier alpha value is -1.85. The second kappa shape index (κ2) is 7.18. The Morgan fingerprint density at radius 2 is 1.64 bits per heavy atom. The fourth-order valence-corrected chi connectivity index (χ4v) is 4.29. The van der Waals surface area contributed by atoms with Crippen molar-refractivity contribution >= 4 is 23.3 Å². The summed E-state index contributed by atoms with van der Waals surface area (Å²) in [6, 6.07) is 13.3. The molecule has 0 saturated carbocycles. The SMILES string of the molecule is Cc1ccc(SN2CCOc3c(N4CCNCC4)cc(C)cc32)cc1. The quantitative estimate of drug-likeness (QED) is 0.849. The third-order valence-corrected chi connectivity index (χ3v) is 5.78. The summed E-state index contributed by atoms with van der Waals surface area (Å²) < 4.78 is 8.51. The number of fused-ring (bicyclic) bond motifs is 1. The minimum atomic E-state index is 0.730. The fourth-order valence-electron chi connectivity index (χ4n) is 3.38. The van der Waals surface area contributed by atoms with Gasteiger partial charge in [-0.2, -0.15) is 0 Å². The molecule has 4 nitrogen and oxygen atoms in total. The van der Waals surface area contributed by atoms with E-state index in [1.165, 1.54) is 27.4 Å². The molecule has 132 valence electrons. The minimum Gasteiger partial charge on any atom is -0.487 e. The molecule has 5 heteroatoms. The summed E-state index contributed by atoms with van der Waals surface area (Å²) in [4.78, 5) is 3.71. The highest BCUT2D eigenvalue weighted by Crippen LogP contribution is 2.45. The molecule has 0 bridgehead atoms. The molecule has 2 aliphatic heterocycles. The number of hydrogen-bond acceptors (Lipinski definition) is 5. The molecule has 0 amide bonds. The lowest BCUT2D eigenvalue weighted by Gasteiger charge is -2.36. The number of ether oxygens (including phenoxy) is 1. The van der Waals surface area contributed by atoms with Crippen LogP contribution in [0.2, 0.25) is 0 Å². The van der Waals surface area contributed by atoms with Crippen LogP contribution in [0.5, 0.6) is 5.75 Å². The van der Waals surface area contributed by atoms with Crippen molar-refractivity contribution in [1.82, 2.24) is 5.32 Å². The van der Waals surface area contributed by atoms with Crippen LogP contribution >= 0.6 is 11.9 Å². The number of nitrogens with one attached hydrogen (secondary N) is 1. The summed E-state index contributed by atoms with van der Waals surface area (Å²) in [7, 11) is 0. The second-order valence-corrected chi connectivity index (χ2v) is 7.82. The van der Waals surface area contributed by atoms with E-state index in [1.54, 1.807) is 11.9 Å². The molecule has 0 radical (unpaired) electrons. The molecule has 2 aliphatic rings. The molecule has 2 heterocycles. The summed E-state index contributed by atoms with van der Waals surface area (Å²) in [5.41, 5.74) is 5.02. The van der Waals surface area contributed by atoms with Gasteiger partial charge in [0, 0.05) is 31.1 Å². The van der Waals surface area contributed by atoms with Crippen molar-refractivity contribution < 1.29 is 4.74 Å². The molecular formula is C20H25N3OS. The Morgan fingerprint density at radius 3 is 2.40 bits per heavy atom. The van der Waals surface area contributed by atoms with Crippen LogP contribution in [-0.4, -0.2) is 39.3 Å². The number of aryl methyl sites for hydroxylation is 2. The lowest BCUT2D eigenvalue weighted by atomic mass is 10.1. The van der Waals surface area contributed by atoms with Crippen LogP contribution in [-0.2, 0) is 0 Å². The molecule has 0 unspecified atom stereocenters. The highest BCUT2D eigenvalue weighted by Gasteiger charge is 2.25. The Bertz CT molecular complexity index is 741. The lowest BCUT2D eigenvalue weighted by molar-refractivity contribution is 0.317. The maximum atomic E-state index is 6.13. The molecule has 4 rings (SSSR count). The van der Waals surface area contributed by atoms with Gasteiger partial charge in [0.2, 0.25) is 0 Å². The summed E-state index contributed by atoms with van der Waals surface area (Å²) in [5, 5.41) is 3.43. The van der Waals surface area contributed by atoms with Gasteiger partial charge < -0.3 is 19.3 Å². The van der Waals surface area contributed by atoms with Gasteiger partial charge in [0.15, 0.2) is 5.75 Å². The predicted molar refractivity (Wildman–Crippen MR) is 106 cm³/mol. The minimum absolute atomic E-state index is 0.730. The molecule has 2 aromatic carbocycles. The summed E-state index contributed by atoms with van der Waals surface area (Å²) in [5.74, 6) is 1.04. The number of benzene rings is 2. The molecule has 1 fully saturated rings. The lowest BCUT2D eigenvalue weighted by Crippen LogP contribution is -2.44. The van der Waals surface area contributed by atoms with E-state index in [9.17, 15) is 0 Å². The van der Waals surface area contributed by atoms with E-state index in [2.05, 4.69) is 64.8 Å². The second-order valence-electron chi connectivity index (χ2n) is 6.72. The van der Waals surface area contributed by atoms with Gasteiger partial charge in [0.05, 0.1) is 17.9 Å². The van der Waals surface area contributed by atoms with E-state index in [0.29, 0.717) is 0 Å². The van der Waals surface area contributed by atoms with Crippen molar-refractivity contribution in [2.24, 2.45) is 0 Å². The molecular weight excluding hydrogens is 330 g/mol. The van der Waals surface area contributed by atoms with Crippen LogP contribution in [0.25, 0.3) is 0 Å². The zero-order valence-corrected chi connectivity index (χ0v) is 15.7. The first-order valence-electron chi connectivity index (χ1n) is 8.96. The van der Waals surface area contributed by atoms with Crippen LogP contribution in [0, 0.1) is 13.8 Å². The first-order chi connectivity index (χ1) is 12.2. The molecule has 1 saturated heterocycles. The monoisotopic (exact) mass is 355 g/mol. The zero-order valence-electron chi connectivity index (χ0n) is 14.9. The molecule has 0 aliphatic carbocycles. The normalized spacial score (nSPS) is 17.2. The average molecular weight is 356 g/mol. The molecule has 1 N–H and O–H groups in total. The highest BCUT2D eigenvalue weighted by molar-refractivity contribution is 8.00. The van der Waals surface area contributed by atoms with Crippen molar-refractivity contribution in [2.45, 2.75) is 18.7 Å². The number of nitrogens with zero attached hydrogens (tertiary/aromatic N) is 2. The van der Waals surface area contributed by atoms with Gasteiger partial charge >= 0.3 is 0 Å². The molecule has 0 aromatic heterocycles. The first-order valence-corrected chi connectivity index (χ1v) is 9.73. The number of rotatable bonds is 3. The first kappa shape index (κ1) is 16.6. The zero-order chi connectivity index (χ0) is 17.2. The van der Waals surface area contributed by atoms with Crippen LogP contribution in [0.15, 0.2) is 41.3 Å². The molecule has 0 atom stereocenters. The Balaban J connectivity index is 1.66. The van der Waals surface area contributed by atoms with Gasteiger partial charge in [0.25, 0.3) is 0 Å². The van der Waals surface area contributed by atoms with Crippen molar-refractivity contribution in [3.05, 3.63) is 47.5 Å². The van der Waals surface area contributed by atoms with Crippen LogP contribution < -0.4 is 19.3 Å². The van der Waals surface area contributed by atoms with E-state index >= 15 is 0 Å². The number of hydrogen-bond donors (Lipinski definition) is 1. The van der Waals surface area contributed by atoms with Crippen molar-refractivity contribution in [3.8, 4) is 5.75 Å². The maximum absolute atomic E-state index is 6.13. The van der Waals surface area contributed by atoms with Gasteiger partial charge in [0.1, 0.15) is 6.61 Å². The van der Waals surface area contributed by atoms with Gasteiger partial charge in [-0.3, -0.25) is 0 Å². The molecule has 25 heavy (non-hydrogen) atoms.